The van der Waals surface area contributed by atoms with Gasteiger partial charge in [0.1, 0.15) is 11.0 Å². The van der Waals surface area contributed by atoms with Crippen LogP contribution in [-0.4, -0.2) is 128 Å². The molecule has 3 rings (SSSR count). The summed E-state index contributed by atoms with van der Waals surface area (Å²) in [6.07, 6.45) is 3.07. The molecule has 1 saturated heterocycles. The molecule has 1 unspecified atom stereocenters. The SMILES string of the molecule is CC[C@H](C)[C@@H]([C@@H](CC(=O)N1CCC[C@H]1[C@H](OC)[C@@H](C)C(=O)N[C@@H](Cc1ccccc1)c1nccs1)OC)N(C)C(=O)[C@@H](NC(=O)[C@H](C(C)C)N(C)C)C(C)N=[N+]=[N-]. The Morgan fingerprint density at radius 2 is 1.72 bits per heavy atom. The zero-order valence-electron chi connectivity index (χ0n) is 35.6. The summed E-state index contributed by atoms with van der Waals surface area (Å²) >= 11 is 1.49. The highest BCUT2D eigenvalue weighted by molar-refractivity contribution is 7.09. The van der Waals surface area contributed by atoms with Crippen molar-refractivity contribution in [2.24, 2.45) is 22.9 Å². The maximum absolute atomic E-state index is 14.4. The normalized spacial score (nSPS) is 19.0. The zero-order chi connectivity index (χ0) is 42.4. The van der Waals surface area contributed by atoms with Crippen molar-refractivity contribution >= 4 is 35.0 Å². The highest BCUT2D eigenvalue weighted by Gasteiger charge is 2.43. The molecule has 16 heteroatoms. The Morgan fingerprint density at radius 1 is 1.04 bits per heavy atom. The molecule has 57 heavy (non-hydrogen) atoms. The summed E-state index contributed by atoms with van der Waals surface area (Å²) in [6, 6.07) is 6.13. The number of methoxy groups -OCH3 is 2. The van der Waals surface area contributed by atoms with Gasteiger partial charge in [-0.1, -0.05) is 83.4 Å². The Balaban J connectivity index is 1.83. The van der Waals surface area contributed by atoms with Gasteiger partial charge in [0.15, 0.2) is 0 Å². The van der Waals surface area contributed by atoms with Crippen molar-refractivity contribution < 1.29 is 28.7 Å². The van der Waals surface area contributed by atoms with Crippen molar-refractivity contribution in [2.45, 2.75) is 122 Å². The molecule has 0 bridgehead atoms. The first-order valence-corrected chi connectivity index (χ1v) is 20.9. The van der Waals surface area contributed by atoms with Crippen molar-refractivity contribution in [3.63, 3.8) is 0 Å². The first kappa shape index (κ1) is 47.3. The molecule has 316 valence electrons. The molecule has 1 fully saturated rings. The number of nitrogens with one attached hydrogen (secondary N) is 2. The largest absolute Gasteiger partial charge is 0.379 e. The summed E-state index contributed by atoms with van der Waals surface area (Å²) in [5.74, 6) is -1.92. The number of hydrogen-bond acceptors (Lipinski definition) is 10. The average Bonchev–Trinajstić information content (AvgIpc) is 3.90. The summed E-state index contributed by atoms with van der Waals surface area (Å²) in [7, 11) is 8.33. The quantitative estimate of drug-likeness (QED) is 0.0921. The lowest BCUT2D eigenvalue weighted by molar-refractivity contribution is -0.147. The summed E-state index contributed by atoms with van der Waals surface area (Å²) in [5.41, 5.74) is 10.4. The minimum Gasteiger partial charge on any atom is -0.379 e. The second kappa shape index (κ2) is 22.8. The van der Waals surface area contributed by atoms with Gasteiger partial charge >= 0.3 is 0 Å². The fourth-order valence-electron chi connectivity index (χ4n) is 8.19. The fraction of sp³-hybridized carbons (Fsp3) is 0.683. The number of benzene rings is 1. The van der Waals surface area contributed by atoms with E-state index in [1.54, 1.807) is 51.2 Å². The number of thiazole rings is 1. The minimum absolute atomic E-state index is 0.0290. The second-order valence-corrected chi connectivity index (χ2v) is 16.7. The van der Waals surface area contributed by atoms with E-state index in [4.69, 9.17) is 9.47 Å². The Bertz CT molecular complexity index is 1620. The topological polar surface area (TPSA) is 182 Å². The van der Waals surface area contributed by atoms with E-state index in [-0.39, 0.29) is 48.1 Å². The van der Waals surface area contributed by atoms with Crippen LogP contribution < -0.4 is 10.6 Å². The predicted molar refractivity (Wildman–Crippen MR) is 222 cm³/mol. The third-order valence-electron chi connectivity index (χ3n) is 11.3. The lowest BCUT2D eigenvalue weighted by Gasteiger charge is -2.41. The van der Waals surface area contributed by atoms with Gasteiger partial charge in [-0.05, 0) is 56.3 Å². The number of carbonyl (C=O) groups excluding carboxylic acids is 4. The van der Waals surface area contributed by atoms with Crippen molar-refractivity contribution in [2.75, 3.05) is 41.9 Å². The molecular weight excluding hydrogens is 747 g/mol. The smallest absolute Gasteiger partial charge is 0.245 e. The van der Waals surface area contributed by atoms with E-state index in [9.17, 15) is 24.7 Å². The average molecular weight is 812 g/mol. The van der Waals surface area contributed by atoms with Crippen LogP contribution in [0.15, 0.2) is 47.0 Å². The van der Waals surface area contributed by atoms with Crippen LogP contribution in [-0.2, 0) is 35.1 Å². The van der Waals surface area contributed by atoms with E-state index in [0.717, 1.165) is 17.0 Å². The molecule has 2 N–H and O–H groups in total. The molecule has 1 aromatic carbocycles. The molecule has 0 saturated carbocycles. The van der Waals surface area contributed by atoms with Crippen LogP contribution in [0.3, 0.4) is 0 Å². The van der Waals surface area contributed by atoms with Gasteiger partial charge in [0.25, 0.3) is 0 Å². The number of nitrogens with zero attached hydrogens (tertiary/aromatic N) is 7. The number of likely N-dealkylation sites (N-methyl/N-ethyl adjacent to an activating group) is 2. The molecule has 2 aromatic rings. The highest BCUT2D eigenvalue weighted by atomic mass is 32.1. The Hall–Kier alpha value is -4.08. The van der Waals surface area contributed by atoms with Gasteiger partial charge in [0.2, 0.25) is 23.6 Å². The van der Waals surface area contributed by atoms with Crippen molar-refractivity contribution in [3.05, 3.63) is 62.9 Å². The predicted octanol–water partition coefficient (Wildman–Crippen LogP) is 5.23. The zero-order valence-corrected chi connectivity index (χ0v) is 36.4. The van der Waals surface area contributed by atoms with Crippen LogP contribution >= 0.6 is 11.3 Å². The van der Waals surface area contributed by atoms with E-state index in [1.165, 1.54) is 23.3 Å². The maximum atomic E-state index is 14.4. The minimum atomic E-state index is -1.15. The van der Waals surface area contributed by atoms with Crippen LogP contribution in [0.4, 0.5) is 0 Å². The molecule has 0 spiro atoms. The van der Waals surface area contributed by atoms with Crippen molar-refractivity contribution in [1.82, 2.24) is 30.3 Å². The summed E-state index contributed by atoms with van der Waals surface area (Å²) < 4.78 is 12.0. The van der Waals surface area contributed by atoms with Crippen LogP contribution in [0.5, 0.6) is 0 Å². The first-order chi connectivity index (χ1) is 27.1. The van der Waals surface area contributed by atoms with Gasteiger partial charge in [-0.3, -0.25) is 24.1 Å². The van der Waals surface area contributed by atoms with E-state index in [2.05, 4.69) is 25.6 Å². The highest BCUT2D eigenvalue weighted by Crippen LogP contribution is 2.30. The summed E-state index contributed by atoms with van der Waals surface area (Å²) in [5, 5.41) is 12.6. The Morgan fingerprint density at radius 3 is 2.26 bits per heavy atom. The van der Waals surface area contributed by atoms with Gasteiger partial charge in [-0.15, -0.1) is 11.3 Å². The van der Waals surface area contributed by atoms with Crippen molar-refractivity contribution in [3.8, 4) is 0 Å². The van der Waals surface area contributed by atoms with E-state index in [0.29, 0.717) is 25.8 Å². The molecular formula is C41H65N9O6S. The number of rotatable bonds is 22. The molecule has 0 aliphatic carbocycles. The Kier molecular flexibility index (Phi) is 18.9. The number of ether oxygens (including phenoxy) is 2. The molecule has 4 amide bonds. The van der Waals surface area contributed by atoms with E-state index >= 15 is 0 Å². The number of carbonyl (C=O) groups is 4. The molecule has 1 aliphatic heterocycles. The molecule has 10 atom stereocenters. The molecule has 2 heterocycles. The van der Waals surface area contributed by atoms with Crippen LogP contribution in [0.2, 0.25) is 0 Å². The van der Waals surface area contributed by atoms with Gasteiger partial charge in [-0.25, -0.2) is 4.98 Å². The number of likely N-dealkylation sites (tertiary alicyclic amines) is 1. The second-order valence-electron chi connectivity index (χ2n) is 15.8. The van der Waals surface area contributed by atoms with Crippen LogP contribution in [0, 0.1) is 17.8 Å². The lowest BCUT2D eigenvalue weighted by Crippen LogP contribution is -2.60. The summed E-state index contributed by atoms with van der Waals surface area (Å²) in [4.78, 5) is 68.7. The molecule has 1 aliphatic rings. The number of hydrogen-bond donors (Lipinski definition) is 2. The fourth-order valence-corrected chi connectivity index (χ4v) is 8.88. The number of amides is 4. The van der Waals surface area contributed by atoms with Gasteiger partial charge in [0.05, 0.1) is 54.8 Å². The van der Waals surface area contributed by atoms with Gasteiger partial charge < -0.3 is 29.9 Å². The molecule has 15 nitrogen and oxygen atoms in total. The van der Waals surface area contributed by atoms with Crippen molar-refractivity contribution in [1.29, 1.82) is 0 Å². The monoisotopic (exact) mass is 811 g/mol. The van der Waals surface area contributed by atoms with Gasteiger partial charge in [-0.2, -0.15) is 0 Å². The number of azide groups is 1. The molecule has 0 radical (unpaired) electrons. The van der Waals surface area contributed by atoms with Crippen LogP contribution in [0.25, 0.3) is 10.4 Å². The maximum Gasteiger partial charge on any atom is 0.245 e. The molecule has 1 aromatic heterocycles. The Labute approximate surface area is 342 Å². The third kappa shape index (κ3) is 12.5. The van der Waals surface area contributed by atoms with E-state index < -0.39 is 48.2 Å². The lowest BCUT2D eigenvalue weighted by atomic mass is 9.89. The van der Waals surface area contributed by atoms with Crippen LogP contribution in [0.1, 0.15) is 83.8 Å². The first-order valence-electron chi connectivity index (χ1n) is 20.0. The summed E-state index contributed by atoms with van der Waals surface area (Å²) in [6.45, 7) is 11.8. The van der Waals surface area contributed by atoms with Gasteiger partial charge in [0, 0.05) is 44.3 Å². The standard InChI is InChI=1S/C41H65N9O6S/c1-12-26(4)36(49(9)41(54)34(28(6)46-47-42)45-39(53)35(25(2)3)48(7)8)32(55-10)24-33(51)50-21-16-19-31(50)37(56-11)27(5)38(52)44-30(40-43-20-22-57-40)23-29-17-14-13-15-18-29/h13-15,17-18,20,22,25-28,30-32,34-37H,12,16,19,21,23-24H2,1-11H3,(H,44,52)(H,45,53)/t26-,27+,28?,30-,31-,32+,34-,35-,36-,37+/m0/s1. The third-order valence-corrected chi connectivity index (χ3v) is 12.2. The van der Waals surface area contributed by atoms with E-state index in [1.807, 2.05) is 70.3 Å². The number of aromatic nitrogens is 1.